The molecule has 2 fully saturated rings. The van der Waals surface area contributed by atoms with Crippen molar-refractivity contribution in [3.8, 4) is 0 Å². The number of rotatable bonds is 1. The number of hydrogen-bond donors (Lipinski definition) is 0. The summed E-state index contributed by atoms with van der Waals surface area (Å²) in [5, 5.41) is 0. The summed E-state index contributed by atoms with van der Waals surface area (Å²) in [5.41, 5.74) is 0.209. The molecule has 0 aromatic rings. The van der Waals surface area contributed by atoms with E-state index in [-0.39, 0.29) is 5.60 Å². The van der Waals surface area contributed by atoms with Gasteiger partial charge in [0.1, 0.15) is 6.10 Å². The smallest absolute Gasteiger partial charge is 0.219 e. The van der Waals surface area contributed by atoms with E-state index in [1.165, 1.54) is 24.6 Å². The third kappa shape index (κ3) is 2.86. The van der Waals surface area contributed by atoms with Gasteiger partial charge in [-0.05, 0) is 57.0 Å². The lowest BCUT2D eigenvalue weighted by atomic mass is 9.81. The van der Waals surface area contributed by atoms with Crippen LogP contribution in [-0.4, -0.2) is 29.0 Å². The number of thiocarbonyl (C=S) groups is 1. The Morgan fingerprint density at radius 3 is 2.67 bits per heavy atom. The number of hydrogen-bond acceptors (Lipinski definition) is 4. The Morgan fingerprint density at radius 1 is 1.40 bits per heavy atom. The van der Waals surface area contributed by atoms with Crippen LogP contribution in [0, 0.1) is 0 Å². The third-order valence-corrected chi connectivity index (χ3v) is 4.48. The normalized spacial score (nSPS) is 35.7. The van der Waals surface area contributed by atoms with Gasteiger partial charge in [-0.1, -0.05) is 11.8 Å². The van der Waals surface area contributed by atoms with Crippen LogP contribution < -0.4 is 0 Å². The third-order valence-electron chi connectivity index (χ3n) is 3.46. The van der Waals surface area contributed by atoms with Crippen LogP contribution in [0.3, 0.4) is 0 Å². The molecule has 86 valence electrons. The minimum atomic E-state index is 0.209. The molecule has 0 aromatic heterocycles. The van der Waals surface area contributed by atoms with E-state index < -0.39 is 0 Å². The molecule has 0 unspecified atom stereocenters. The summed E-state index contributed by atoms with van der Waals surface area (Å²) in [7, 11) is 0. The first-order valence-electron chi connectivity index (χ1n) is 5.63. The molecule has 1 saturated carbocycles. The fourth-order valence-electron chi connectivity index (χ4n) is 2.57. The van der Waals surface area contributed by atoms with Gasteiger partial charge in [-0.2, -0.15) is 0 Å². The first-order chi connectivity index (χ1) is 7.24. The van der Waals surface area contributed by atoms with Gasteiger partial charge >= 0.3 is 0 Å². The molecule has 2 aliphatic rings. The molecule has 1 aliphatic carbocycles. The molecule has 0 atom stereocenters. The highest BCUT2D eigenvalue weighted by Gasteiger charge is 2.39. The van der Waals surface area contributed by atoms with Gasteiger partial charge < -0.3 is 9.47 Å². The van der Waals surface area contributed by atoms with Crippen molar-refractivity contribution in [1.29, 1.82) is 0 Å². The van der Waals surface area contributed by atoms with Gasteiger partial charge in [0.25, 0.3) is 0 Å². The predicted molar refractivity (Wildman–Crippen MR) is 67.4 cm³/mol. The Hall–Kier alpha value is 0.200. The molecule has 0 bridgehead atoms. The highest BCUT2D eigenvalue weighted by molar-refractivity contribution is 8.22. The predicted octanol–water partition coefficient (Wildman–Crippen LogP) is 3.14. The molecular weight excluding hydrogens is 228 g/mol. The maximum Gasteiger partial charge on any atom is 0.219 e. The van der Waals surface area contributed by atoms with Crippen LogP contribution in [0.15, 0.2) is 0 Å². The Balaban J connectivity index is 1.79. The molecule has 0 amide bonds. The van der Waals surface area contributed by atoms with Gasteiger partial charge in [-0.15, -0.1) is 0 Å². The minimum Gasteiger partial charge on any atom is -0.475 e. The van der Waals surface area contributed by atoms with E-state index in [4.69, 9.17) is 21.7 Å². The molecule has 1 heterocycles. The summed E-state index contributed by atoms with van der Waals surface area (Å²) in [6, 6.07) is 0. The Morgan fingerprint density at radius 2 is 2.13 bits per heavy atom. The Kier molecular flexibility index (Phi) is 3.91. The second kappa shape index (κ2) is 5.02. The molecule has 1 saturated heterocycles. The van der Waals surface area contributed by atoms with Crippen molar-refractivity contribution in [2.24, 2.45) is 0 Å². The summed E-state index contributed by atoms with van der Waals surface area (Å²) in [6.07, 6.45) is 9.26. The summed E-state index contributed by atoms with van der Waals surface area (Å²) < 4.78 is 12.2. The molecule has 2 nitrogen and oxygen atoms in total. The second-order valence-corrected chi connectivity index (χ2v) is 5.81. The summed E-state index contributed by atoms with van der Waals surface area (Å²) in [6.45, 7) is 0.953. The fourth-order valence-corrected chi connectivity index (χ4v) is 2.94. The molecule has 1 aliphatic heterocycles. The molecule has 0 radical (unpaired) electrons. The summed E-state index contributed by atoms with van der Waals surface area (Å²) >= 11 is 6.59. The van der Waals surface area contributed by atoms with Crippen LogP contribution in [0.25, 0.3) is 0 Å². The van der Waals surface area contributed by atoms with Gasteiger partial charge in [-0.3, -0.25) is 0 Å². The first-order valence-corrected chi connectivity index (χ1v) is 7.26. The van der Waals surface area contributed by atoms with Crippen molar-refractivity contribution in [3.05, 3.63) is 0 Å². The standard InChI is InChI=1S/C11H18O2S2/c1-15-10(14)13-9-3-6-11(7-4-9)5-2-8-12-11/h9H,2-8H2,1H3. The van der Waals surface area contributed by atoms with Crippen molar-refractivity contribution in [2.45, 2.75) is 50.2 Å². The molecule has 2 rings (SSSR count). The first kappa shape index (κ1) is 11.7. The zero-order valence-corrected chi connectivity index (χ0v) is 10.8. The lowest BCUT2D eigenvalue weighted by molar-refractivity contribution is -0.0472. The van der Waals surface area contributed by atoms with Crippen LogP contribution >= 0.6 is 24.0 Å². The molecule has 4 heteroatoms. The monoisotopic (exact) mass is 246 g/mol. The minimum absolute atomic E-state index is 0.209. The zero-order valence-electron chi connectivity index (χ0n) is 9.16. The number of ether oxygens (including phenoxy) is 2. The van der Waals surface area contributed by atoms with E-state index in [2.05, 4.69) is 0 Å². The van der Waals surface area contributed by atoms with Crippen LogP contribution in [0.4, 0.5) is 0 Å². The average molecular weight is 246 g/mol. The number of thioether (sulfide) groups is 1. The topological polar surface area (TPSA) is 18.5 Å². The Labute approximate surface area is 101 Å². The van der Waals surface area contributed by atoms with E-state index >= 15 is 0 Å². The van der Waals surface area contributed by atoms with Crippen molar-refractivity contribution >= 4 is 28.4 Å². The lowest BCUT2D eigenvalue weighted by Crippen LogP contribution is -2.36. The molecule has 1 spiro atoms. The van der Waals surface area contributed by atoms with Gasteiger partial charge in [0.15, 0.2) is 0 Å². The van der Waals surface area contributed by atoms with Gasteiger partial charge in [0, 0.05) is 6.61 Å². The fraction of sp³-hybridized carbons (Fsp3) is 0.909. The van der Waals surface area contributed by atoms with Crippen molar-refractivity contribution < 1.29 is 9.47 Å². The second-order valence-electron chi connectivity index (χ2n) is 4.41. The van der Waals surface area contributed by atoms with Gasteiger partial charge in [0.05, 0.1) is 5.60 Å². The molecule has 0 N–H and O–H groups in total. The van der Waals surface area contributed by atoms with Crippen molar-refractivity contribution in [1.82, 2.24) is 0 Å². The quantitative estimate of drug-likeness (QED) is 0.661. The molecule has 0 aromatic carbocycles. The maximum atomic E-state index is 5.87. The molecule has 15 heavy (non-hydrogen) atoms. The average Bonchev–Trinajstić information content (AvgIpc) is 2.70. The van der Waals surface area contributed by atoms with E-state index in [9.17, 15) is 0 Å². The molecular formula is C11H18O2S2. The van der Waals surface area contributed by atoms with Crippen LogP contribution in [-0.2, 0) is 9.47 Å². The van der Waals surface area contributed by atoms with Crippen molar-refractivity contribution in [3.63, 3.8) is 0 Å². The zero-order chi connectivity index (χ0) is 10.7. The highest BCUT2D eigenvalue weighted by atomic mass is 32.2. The van der Waals surface area contributed by atoms with Crippen LogP contribution in [0.1, 0.15) is 38.5 Å². The Bertz CT molecular complexity index is 227. The van der Waals surface area contributed by atoms with Crippen LogP contribution in [0.5, 0.6) is 0 Å². The summed E-state index contributed by atoms with van der Waals surface area (Å²) in [4.78, 5) is 0. The highest BCUT2D eigenvalue weighted by Crippen LogP contribution is 2.40. The van der Waals surface area contributed by atoms with E-state index in [1.807, 2.05) is 6.26 Å². The van der Waals surface area contributed by atoms with E-state index in [1.54, 1.807) is 0 Å². The van der Waals surface area contributed by atoms with E-state index in [0.717, 1.165) is 32.3 Å². The van der Waals surface area contributed by atoms with Gasteiger partial charge in [0.2, 0.25) is 4.38 Å². The van der Waals surface area contributed by atoms with Crippen molar-refractivity contribution in [2.75, 3.05) is 12.9 Å². The maximum absolute atomic E-state index is 5.87. The van der Waals surface area contributed by atoms with Crippen LogP contribution in [0.2, 0.25) is 0 Å². The SMILES string of the molecule is CSC(=S)OC1CCC2(CCCO2)CC1. The van der Waals surface area contributed by atoms with Gasteiger partial charge in [-0.25, -0.2) is 0 Å². The van der Waals surface area contributed by atoms with E-state index in [0.29, 0.717) is 10.5 Å². The largest absolute Gasteiger partial charge is 0.475 e. The summed E-state index contributed by atoms with van der Waals surface area (Å²) in [5.74, 6) is 0. The lowest BCUT2D eigenvalue weighted by Gasteiger charge is -2.36.